The van der Waals surface area contributed by atoms with Crippen molar-refractivity contribution in [1.82, 2.24) is 0 Å². The molecular weight excluding hydrogens is 575 g/mol. The van der Waals surface area contributed by atoms with Crippen molar-refractivity contribution in [3.05, 3.63) is 162 Å². The zero-order chi connectivity index (χ0) is 32.0. The minimum Gasteiger partial charge on any atom is -0.456 e. The third kappa shape index (κ3) is 4.02. The number of benzene rings is 6. The van der Waals surface area contributed by atoms with Crippen LogP contribution in [0.2, 0.25) is 0 Å². The quantitative estimate of drug-likeness (QED) is 0.186. The van der Waals surface area contributed by atoms with Crippen LogP contribution in [0.1, 0.15) is 49.9 Å². The van der Waals surface area contributed by atoms with Gasteiger partial charge in [0.15, 0.2) is 0 Å². The van der Waals surface area contributed by atoms with E-state index in [1.807, 2.05) is 0 Å². The Kier molecular flexibility index (Phi) is 6.06. The molecule has 47 heavy (non-hydrogen) atoms. The number of hydrogen-bond acceptors (Lipinski definition) is 3. The smallest absolute Gasteiger partial charge is 0.456 e. The number of furan rings is 1. The van der Waals surface area contributed by atoms with E-state index >= 15 is 0 Å². The van der Waals surface area contributed by atoms with Crippen LogP contribution in [0.4, 0.5) is 0 Å². The maximum absolute atomic E-state index is 6.66. The summed E-state index contributed by atoms with van der Waals surface area (Å²) >= 11 is 0. The summed E-state index contributed by atoms with van der Waals surface area (Å²) in [5, 5.41) is 2.15. The first-order chi connectivity index (χ1) is 22.8. The first-order valence-electron chi connectivity index (χ1n) is 16.4. The van der Waals surface area contributed by atoms with E-state index in [9.17, 15) is 0 Å². The van der Waals surface area contributed by atoms with Crippen LogP contribution < -0.4 is 5.46 Å². The van der Waals surface area contributed by atoms with Gasteiger partial charge in [0, 0.05) is 16.2 Å². The Morgan fingerprint density at radius 3 is 1.79 bits per heavy atom. The molecule has 1 aromatic heterocycles. The van der Waals surface area contributed by atoms with Crippen molar-refractivity contribution in [2.75, 3.05) is 0 Å². The van der Waals surface area contributed by atoms with Gasteiger partial charge >= 0.3 is 7.12 Å². The predicted octanol–water partition coefficient (Wildman–Crippen LogP) is 9.92. The van der Waals surface area contributed by atoms with Crippen molar-refractivity contribution in [3.8, 4) is 22.3 Å². The lowest BCUT2D eigenvalue weighted by Gasteiger charge is -2.34. The summed E-state index contributed by atoms with van der Waals surface area (Å²) in [4.78, 5) is 0. The minimum atomic E-state index is -0.494. The van der Waals surface area contributed by atoms with Crippen LogP contribution in [0.3, 0.4) is 0 Å². The van der Waals surface area contributed by atoms with E-state index in [1.165, 1.54) is 33.4 Å². The van der Waals surface area contributed by atoms with Crippen LogP contribution in [-0.2, 0) is 14.7 Å². The Balaban J connectivity index is 1.22. The fraction of sp³-hybridized carbons (Fsp3) is 0.163. The topological polar surface area (TPSA) is 31.6 Å². The van der Waals surface area contributed by atoms with Crippen molar-refractivity contribution in [3.63, 3.8) is 0 Å². The molecule has 4 heteroatoms. The Hall–Kier alpha value is -4.90. The molecule has 1 aliphatic carbocycles. The summed E-state index contributed by atoms with van der Waals surface area (Å²) in [5.74, 6) is 0. The average molecular weight is 611 g/mol. The van der Waals surface area contributed by atoms with Gasteiger partial charge < -0.3 is 13.7 Å². The molecule has 0 amide bonds. The van der Waals surface area contributed by atoms with E-state index in [0.717, 1.165) is 38.5 Å². The fourth-order valence-corrected chi connectivity index (χ4v) is 7.78. The predicted molar refractivity (Wildman–Crippen MR) is 192 cm³/mol. The molecule has 2 heterocycles. The van der Waals surface area contributed by atoms with Crippen LogP contribution in [0, 0.1) is 0 Å². The van der Waals surface area contributed by atoms with Gasteiger partial charge in [-0.2, -0.15) is 0 Å². The fourth-order valence-electron chi connectivity index (χ4n) is 7.78. The summed E-state index contributed by atoms with van der Waals surface area (Å²) < 4.78 is 19.5. The highest BCUT2D eigenvalue weighted by atomic mass is 16.7. The van der Waals surface area contributed by atoms with E-state index in [2.05, 4.69) is 167 Å². The second-order valence-corrected chi connectivity index (χ2v) is 13.9. The third-order valence-electron chi connectivity index (χ3n) is 10.8. The molecule has 0 unspecified atom stereocenters. The molecule has 1 saturated heterocycles. The SMILES string of the molecule is CC1(C)OB(c2cccc3c2oc2cc(-c4ccc5c(c4)C(c4ccccc4)(c4ccccc4)c4ccccc4-5)ccc23)OC1(C)C. The highest BCUT2D eigenvalue weighted by molar-refractivity contribution is 6.65. The van der Waals surface area contributed by atoms with E-state index in [4.69, 9.17) is 13.7 Å². The summed E-state index contributed by atoms with van der Waals surface area (Å²) in [6.07, 6.45) is 0. The zero-order valence-electron chi connectivity index (χ0n) is 27.1. The van der Waals surface area contributed by atoms with Crippen molar-refractivity contribution in [2.45, 2.75) is 44.3 Å². The number of para-hydroxylation sites is 1. The highest BCUT2D eigenvalue weighted by Gasteiger charge is 2.52. The van der Waals surface area contributed by atoms with Gasteiger partial charge in [0.25, 0.3) is 0 Å². The van der Waals surface area contributed by atoms with Gasteiger partial charge in [-0.3, -0.25) is 0 Å². The number of fused-ring (bicyclic) bond motifs is 6. The summed E-state index contributed by atoms with van der Waals surface area (Å²) in [5.41, 5.74) is 11.2. The van der Waals surface area contributed by atoms with Crippen molar-refractivity contribution in [2.24, 2.45) is 0 Å². The molecule has 3 nitrogen and oxygen atoms in total. The van der Waals surface area contributed by atoms with E-state index in [0.29, 0.717) is 0 Å². The van der Waals surface area contributed by atoms with Crippen molar-refractivity contribution >= 4 is 34.5 Å². The van der Waals surface area contributed by atoms with Gasteiger partial charge in [0.05, 0.1) is 16.6 Å². The largest absolute Gasteiger partial charge is 0.498 e. The first-order valence-corrected chi connectivity index (χ1v) is 16.4. The average Bonchev–Trinajstić information content (AvgIpc) is 3.69. The lowest BCUT2D eigenvalue weighted by Crippen LogP contribution is -2.41. The van der Waals surface area contributed by atoms with Gasteiger partial charge in [-0.1, -0.05) is 121 Å². The lowest BCUT2D eigenvalue weighted by atomic mass is 9.67. The minimum absolute atomic E-state index is 0.430. The van der Waals surface area contributed by atoms with Gasteiger partial charge in [0.2, 0.25) is 0 Å². The van der Waals surface area contributed by atoms with E-state index < -0.39 is 23.7 Å². The lowest BCUT2D eigenvalue weighted by molar-refractivity contribution is 0.00578. The molecule has 0 spiro atoms. The molecule has 228 valence electrons. The Morgan fingerprint density at radius 2 is 1.09 bits per heavy atom. The molecule has 0 bridgehead atoms. The van der Waals surface area contributed by atoms with Crippen LogP contribution >= 0.6 is 0 Å². The van der Waals surface area contributed by atoms with Crippen LogP contribution in [0.25, 0.3) is 44.2 Å². The van der Waals surface area contributed by atoms with Gasteiger partial charge in [-0.25, -0.2) is 0 Å². The molecular formula is C43H35BO3. The first kappa shape index (κ1) is 28.3. The van der Waals surface area contributed by atoms with E-state index in [-0.39, 0.29) is 0 Å². The van der Waals surface area contributed by atoms with E-state index in [1.54, 1.807) is 0 Å². The molecule has 9 rings (SSSR count). The Morgan fingerprint density at radius 1 is 0.489 bits per heavy atom. The normalized spacial score (nSPS) is 17.2. The van der Waals surface area contributed by atoms with Crippen LogP contribution in [0.5, 0.6) is 0 Å². The molecule has 1 aliphatic heterocycles. The molecule has 2 aliphatic rings. The zero-order valence-corrected chi connectivity index (χ0v) is 27.1. The van der Waals surface area contributed by atoms with Gasteiger partial charge in [0.1, 0.15) is 11.2 Å². The second-order valence-electron chi connectivity index (χ2n) is 13.9. The molecule has 0 atom stereocenters. The molecule has 7 aromatic rings. The maximum Gasteiger partial charge on any atom is 0.498 e. The number of rotatable bonds is 4. The van der Waals surface area contributed by atoms with Gasteiger partial charge in [-0.15, -0.1) is 0 Å². The Bertz CT molecular complexity index is 2260. The molecule has 0 saturated carbocycles. The van der Waals surface area contributed by atoms with Crippen LogP contribution in [-0.4, -0.2) is 18.3 Å². The summed E-state index contributed by atoms with van der Waals surface area (Å²) in [6, 6.07) is 50.5. The second kappa shape index (κ2) is 10.1. The van der Waals surface area contributed by atoms with Crippen molar-refractivity contribution in [1.29, 1.82) is 0 Å². The maximum atomic E-state index is 6.66. The summed E-state index contributed by atoms with van der Waals surface area (Å²) in [6.45, 7) is 8.32. The molecule has 1 fully saturated rings. The standard InChI is InChI=1S/C43H35BO3/c1-41(2)42(3,4)47-44(46-41)38-21-13-19-35-34-25-23-29(27-39(34)45-40(35)38)28-22-24-33-32-18-11-12-20-36(32)43(37(33)26-28,30-14-7-5-8-15-30)31-16-9-6-10-17-31/h5-27H,1-4H3. The summed E-state index contributed by atoms with van der Waals surface area (Å²) in [7, 11) is -0.494. The van der Waals surface area contributed by atoms with Crippen LogP contribution in [0.15, 0.2) is 144 Å². The molecule has 0 N–H and O–H groups in total. The highest BCUT2D eigenvalue weighted by Crippen LogP contribution is 2.56. The molecule has 0 radical (unpaired) electrons. The number of hydrogen-bond donors (Lipinski definition) is 0. The third-order valence-corrected chi connectivity index (χ3v) is 10.8. The Labute approximate surface area is 275 Å². The van der Waals surface area contributed by atoms with Gasteiger partial charge in [-0.05, 0) is 90.4 Å². The van der Waals surface area contributed by atoms with Crippen molar-refractivity contribution < 1.29 is 13.7 Å². The monoisotopic (exact) mass is 610 g/mol. The molecule has 6 aromatic carbocycles.